The largest absolute Gasteiger partial charge is 0.497 e. The molecule has 0 heterocycles. The Hall–Kier alpha value is -2.49. The van der Waals surface area contributed by atoms with Gasteiger partial charge in [-0.25, -0.2) is 0 Å². The molecule has 0 radical (unpaired) electrons. The Balaban J connectivity index is 1.77. The normalized spacial score (nSPS) is 13.0. The lowest BCUT2D eigenvalue weighted by Gasteiger charge is -2.19. The van der Waals surface area contributed by atoms with Gasteiger partial charge in [0.2, 0.25) is 0 Å². The summed E-state index contributed by atoms with van der Waals surface area (Å²) in [6, 6.07) is 17.6. The van der Waals surface area contributed by atoms with Crippen LogP contribution in [0.5, 0.6) is 11.5 Å². The molecule has 0 saturated heterocycles. The average molecular weight is 327 g/mol. The first-order chi connectivity index (χ1) is 11.6. The summed E-state index contributed by atoms with van der Waals surface area (Å²) in [5.74, 6) is 1.30. The molecule has 0 fully saturated rings. The van der Waals surface area contributed by atoms with Gasteiger partial charge in [-0.1, -0.05) is 30.3 Å². The van der Waals surface area contributed by atoms with Crippen molar-refractivity contribution in [3.05, 3.63) is 60.2 Å². The maximum atomic E-state index is 12.2. The maximum Gasteiger partial charge on any atom is 0.260 e. The van der Waals surface area contributed by atoms with Gasteiger partial charge in [0.05, 0.1) is 7.11 Å². The van der Waals surface area contributed by atoms with E-state index in [1.54, 1.807) is 26.2 Å². The summed E-state index contributed by atoms with van der Waals surface area (Å²) in [5.41, 5.74) is 1.28. The Labute approximate surface area is 143 Å². The minimum atomic E-state index is -0.544. The third-order valence-corrected chi connectivity index (χ3v) is 3.84. The summed E-state index contributed by atoms with van der Waals surface area (Å²) in [7, 11) is 1.61. The Morgan fingerprint density at radius 2 is 1.62 bits per heavy atom. The van der Waals surface area contributed by atoms with Crippen molar-refractivity contribution >= 4 is 5.91 Å². The first-order valence-corrected chi connectivity index (χ1v) is 8.23. The van der Waals surface area contributed by atoms with Crippen molar-refractivity contribution in [3.63, 3.8) is 0 Å². The molecule has 1 N–H and O–H groups in total. The van der Waals surface area contributed by atoms with E-state index in [0.717, 1.165) is 18.6 Å². The number of rotatable bonds is 8. The molecule has 1 amide bonds. The lowest BCUT2D eigenvalue weighted by molar-refractivity contribution is -0.127. The number of ether oxygens (including phenoxy) is 2. The van der Waals surface area contributed by atoms with Crippen LogP contribution in [0.25, 0.3) is 0 Å². The lowest BCUT2D eigenvalue weighted by Crippen LogP contribution is -2.41. The second kappa shape index (κ2) is 8.96. The predicted molar refractivity (Wildman–Crippen MR) is 95.5 cm³/mol. The number of hydrogen-bond acceptors (Lipinski definition) is 3. The number of carbonyl (C=O) groups is 1. The summed E-state index contributed by atoms with van der Waals surface area (Å²) in [6.45, 7) is 3.77. The fourth-order valence-corrected chi connectivity index (χ4v) is 2.37. The number of hydrogen-bond donors (Lipinski definition) is 1. The van der Waals surface area contributed by atoms with Crippen LogP contribution in [0.1, 0.15) is 25.8 Å². The predicted octanol–water partition coefficient (Wildman–Crippen LogP) is 3.60. The molecule has 128 valence electrons. The number of aryl methyl sites for hydroxylation is 1. The molecular formula is C20H25NO3. The van der Waals surface area contributed by atoms with Gasteiger partial charge < -0.3 is 14.8 Å². The van der Waals surface area contributed by atoms with Gasteiger partial charge in [-0.15, -0.1) is 0 Å². The molecule has 0 aliphatic rings. The molecule has 2 atom stereocenters. The molecule has 0 bridgehead atoms. The van der Waals surface area contributed by atoms with E-state index >= 15 is 0 Å². The van der Waals surface area contributed by atoms with Crippen molar-refractivity contribution in [1.82, 2.24) is 5.32 Å². The lowest BCUT2D eigenvalue weighted by atomic mass is 10.1. The molecule has 0 aromatic heterocycles. The Kier molecular flexibility index (Phi) is 6.67. The van der Waals surface area contributed by atoms with Crippen LogP contribution in [0.15, 0.2) is 54.6 Å². The van der Waals surface area contributed by atoms with E-state index in [2.05, 4.69) is 17.4 Å². The smallest absolute Gasteiger partial charge is 0.260 e. The molecule has 0 aliphatic heterocycles. The van der Waals surface area contributed by atoms with Crippen LogP contribution in [-0.4, -0.2) is 25.2 Å². The Morgan fingerprint density at radius 1 is 1.00 bits per heavy atom. The van der Waals surface area contributed by atoms with Crippen molar-refractivity contribution in [2.45, 2.75) is 38.8 Å². The van der Waals surface area contributed by atoms with Gasteiger partial charge in [-0.2, -0.15) is 0 Å². The standard InChI is InChI=1S/C20H25NO3/c1-15(9-10-17-7-5-4-6-8-17)21-20(22)16(2)24-19-13-11-18(23-3)12-14-19/h4-8,11-16H,9-10H2,1-3H3,(H,21,22)/t15-,16-/m0/s1. The van der Waals surface area contributed by atoms with E-state index in [9.17, 15) is 4.79 Å². The van der Waals surface area contributed by atoms with Gasteiger partial charge in [0.1, 0.15) is 11.5 Å². The zero-order valence-corrected chi connectivity index (χ0v) is 14.5. The van der Waals surface area contributed by atoms with E-state index in [4.69, 9.17) is 9.47 Å². The van der Waals surface area contributed by atoms with E-state index in [1.165, 1.54) is 5.56 Å². The highest BCUT2D eigenvalue weighted by atomic mass is 16.5. The van der Waals surface area contributed by atoms with Crippen LogP contribution in [0.3, 0.4) is 0 Å². The van der Waals surface area contributed by atoms with Crippen LogP contribution in [-0.2, 0) is 11.2 Å². The molecule has 4 heteroatoms. The molecule has 24 heavy (non-hydrogen) atoms. The van der Waals surface area contributed by atoms with E-state index < -0.39 is 6.10 Å². The van der Waals surface area contributed by atoms with Gasteiger partial charge in [-0.05, 0) is 56.5 Å². The topological polar surface area (TPSA) is 47.6 Å². The fourth-order valence-electron chi connectivity index (χ4n) is 2.37. The van der Waals surface area contributed by atoms with Gasteiger partial charge in [0.25, 0.3) is 5.91 Å². The summed E-state index contributed by atoms with van der Waals surface area (Å²) < 4.78 is 10.8. The molecule has 2 rings (SSSR count). The third kappa shape index (κ3) is 5.61. The van der Waals surface area contributed by atoms with Crippen LogP contribution in [0, 0.1) is 0 Å². The summed E-state index contributed by atoms with van der Waals surface area (Å²) >= 11 is 0. The molecule has 2 aromatic carbocycles. The quantitative estimate of drug-likeness (QED) is 0.806. The summed E-state index contributed by atoms with van der Waals surface area (Å²) in [4.78, 5) is 12.2. The van der Waals surface area contributed by atoms with Crippen LogP contribution in [0.2, 0.25) is 0 Å². The molecule has 0 saturated carbocycles. The highest BCUT2D eigenvalue weighted by Crippen LogP contribution is 2.18. The third-order valence-electron chi connectivity index (χ3n) is 3.84. The van der Waals surface area contributed by atoms with E-state index in [0.29, 0.717) is 5.75 Å². The number of methoxy groups -OCH3 is 1. The van der Waals surface area contributed by atoms with Crippen LogP contribution in [0.4, 0.5) is 0 Å². The summed E-state index contributed by atoms with van der Waals surface area (Å²) in [5, 5.41) is 3.00. The van der Waals surface area contributed by atoms with Gasteiger partial charge >= 0.3 is 0 Å². The number of nitrogens with one attached hydrogen (secondary N) is 1. The van der Waals surface area contributed by atoms with Crippen molar-refractivity contribution in [2.75, 3.05) is 7.11 Å². The van der Waals surface area contributed by atoms with Crippen molar-refractivity contribution in [3.8, 4) is 11.5 Å². The second-order valence-corrected chi connectivity index (χ2v) is 5.87. The van der Waals surface area contributed by atoms with Crippen molar-refractivity contribution in [1.29, 1.82) is 0 Å². The number of benzene rings is 2. The Morgan fingerprint density at radius 3 is 2.25 bits per heavy atom. The summed E-state index contributed by atoms with van der Waals surface area (Å²) in [6.07, 6.45) is 1.29. The molecule has 0 unspecified atom stereocenters. The molecule has 0 aliphatic carbocycles. The Bertz CT molecular complexity index is 625. The van der Waals surface area contributed by atoms with Crippen molar-refractivity contribution < 1.29 is 14.3 Å². The second-order valence-electron chi connectivity index (χ2n) is 5.87. The molecular weight excluding hydrogens is 302 g/mol. The maximum absolute atomic E-state index is 12.2. The van der Waals surface area contributed by atoms with E-state index in [1.807, 2.05) is 37.3 Å². The fraction of sp³-hybridized carbons (Fsp3) is 0.350. The van der Waals surface area contributed by atoms with Crippen LogP contribution < -0.4 is 14.8 Å². The first kappa shape index (κ1) is 17.9. The SMILES string of the molecule is COc1ccc(O[C@@H](C)C(=O)N[C@@H](C)CCc2ccccc2)cc1. The van der Waals surface area contributed by atoms with Crippen LogP contribution >= 0.6 is 0 Å². The highest BCUT2D eigenvalue weighted by Gasteiger charge is 2.16. The monoisotopic (exact) mass is 327 g/mol. The zero-order chi connectivity index (χ0) is 17.4. The number of amides is 1. The van der Waals surface area contributed by atoms with Crippen molar-refractivity contribution in [2.24, 2.45) is 0 Å². The average Bonchev–Trinajstić information content (AvgIpc) is 2.61. The number of carbonyl (C=O) groups excluding carboxylic acids is 1. The minimum Gasteiger partial charge on any atom is -0.497 e. The molecule has 0 spiro atoms. The molecule has 4 nitrogen and oxygen atoms in total. The van der Waals surface area contributed by atoms with Gasteiger partial charge in [0, 0.05) is 6.04 Å². The zero-order valence-electron chi connectivity index (χ0n) is 14.5. The van der Waals surface area contributed by atoms with E-state index in [-0.39, 0.29) is 11.9 Å². The van der Waals surface area contributed by atoms with Gasteiger partial charge in [-0.3, -0.25) is 4.79 Å². The minimum absolute atomic E-state index is 0.0969. The highest BCUT2D eigenvalue weighted by molar-refractivity contribution is 5.80. The van der Waals surface area contributed by atoms with Gasteiger partial charge in [0.15, 0.2) is 6.10 Å². The molecule has 2 aromatic rings. The first-order valence-electron chi connectivity index (χ1n) is 8.23.